The van der Waals surface area contributed by atoms with Crippen molar-refractivity contribution in [2.45, 2.75) is 46.1 Å². The first kappa shape index (κ1) is 18.8. The number of hydrogen-bond donors (Lipinski definition) is 2. The molecule has 0 spiro atoms. The molecule has 3 unspecified atom stereocenters. The monoisotopic (exact) mass is 358 g/mol. The van der Waals surface area contributed by atoms with Crippen molar-refractivity contribution in [3.05, 3.63) is 29.5 Å². The van der Waals surface area contributed by atoms with Crippen molar-refractivity contribution in [3.63, 3.8) is 0 Å². The summed E-state index contributed by atoms with van der Waals surface area (Å²) in [6.07, 6.45) is 2.97. The fourth-order valence-electron chi connectivity index (χ4n) is 3.95. The van der Waals surface area contributed by atoms with E-state index in [0.717, 1.165) is 41.1 Å². The van der Waals surface area contributed by atoms with E-state index in [1.165, 1.54) is 12.8 Å². The van der Waals surface area contributed by atoms with Gasteiger partial charge in [-0.15, -0.1) is 0 Å². The molecule has 26 heavy (non-hydrogen) atoms. The van der Waals surface area contributed by atoms with Crippen LogP contribution in [0.25, 0.3) is 11.0 Å². The lowest BCUT2D eigenvalue weighted by molar-refractivity contribution is -0.123. The number of aryl methyl sites for hydroxylation is 1. The lowest BCUT2D eigenvalue weighted by Crippen LogP contribution is -2.36. The van der Waals surface area contributed by atoms with Crippen LogP contribution in [0.4, 0.5) is 0 Å². The quantitative estimate of drug-likeness (QED) is 0.821. The summed E-state index contributed by atoms with van der Waals surface area (Å²) in [6, 6.07) is 5.62. The summed E-state index contributed by atoms with van der Waals surface area (Å²) in [5.74, 6) is 2.68. The molecule has 3 atom stereocenters. The lowest BCUT2D eigenvalue weighted by atomic mass is 9.85. The number of methoxy groups -OCH3 is 1. The number of ether oxygens (including phenoxy) is 1. The van der Waals surface area contributed by atoms with Crippen LogP contribution in [0.2, 0.25) is 0 Å². The van der Waals surface area contributed by atoms with Crippen molar-refractivity contribution in [1.29, 1.82) is 0 Å². The van der Waals surface area contributed by atoms with Crippen LogP contribution in [0.5, 0.6) is 5.75 Å². The van der Waals surface area contributed by atoms with Crippen LogP contribution in [0.1, 0.15) is 50.5 Å². The average molecular weight is 358 g/mol. The molecule has 5 nitrogen and oxygen atoms in total. The molecule has 1 aliphatic heterocycles. The van der Waals surface area contributed by atoms with E-state index < -0.39 is 0 Å². The highest BCUT2D eigenvalue weighted by atomic mass is 16.5. The van der Waals surface area contributed by atoms with Crippen LogP contribution >= 0.6 is 0 Å². The van der Waals surface area contributed by atoms with Gasteiger partial charge >= 0.3 is 0 Å². The maximum absolute atomic E-state index is 12.5. The van der Waals surface area contributed by atoms with Crippen molar-refractivity contribution >= 4 is 16.9 Å². The van der Waals surface area contributed by atoms with Gasteiger partial charge in [0.15, 0.2) is 0 Å². The van der Waals surface area contributed by atoms with Crippen LogP contribution in [-0.4, -0.2) is 26.1 Å². The first-order chi connectivity index (χ1) is 12.5. The first-order valence-corrected chi connectivity index (χ1v) is 9.56. The predicted molar refractivity (Wildman–Crippen MR) is 103 cm³/mol. The Labute approximate surface area is 155 Å². The van der Waals surface area contributed by atoms with Gasteiger partial charge in [-0.1, -0.05) is 6.92 Å². The molecule has 0 bridgehead atoms. The zero-order valence-electron chi connectivity index (χ0n) is 16.2. The number of benzene rings is 1. The topological polar surface area (TPSA) is 63.5 Å². The number of fused-ring (bicyclic) bond motifs is 1. The molecule has 142 valence electrons. The molecule has 2 aromatic rings. The number of hydrogen-bond acceptors (Lipinski definition) is 4. The van der Waals surface area contributed by atoms with Gasteiger partial charge in [-0.2, -0.15) is 0 Å². The van der Waals surface area contributed by atoms with E-state index in [1.54, 1.807) is 7.11 Å². The van der Waals surface area contributed by atoms with E-state index in [9.17, 15) is 4.79 Å². The van der Waals surface area contributed by atoms with Crippen molar-refractivity contribution in [2.75, 3.05) is 20.2 Å². The third kappa shape index (κ3) is 4.04. The first-order valence-electron chi connectivity index (χ1n) is 9.56. The van der Waals surface area contributed by atoms with Crippen LogP contribution in [0.15, 0.2) is 22.6 Å². The second-order valence-electron chi connectivity index (χ2n) is 7.53. The van der Waals surface area contributed by atoms with E-state index in [4.69, 9.17) is 9.15 Å². The van der Waals surface area contributed by atoms with E-state index in [1.807, 2.05) is 32.0 Å². The number of carbonyl (C=O) groups is 1. The predicted octanol–water partition coefficient (Wildman–Crippen LogP) is 3.95. The van der Waals surface area contributed by atoms with E-state index in [-0.39, 0.29) is 11.9 Å². The summed E-state index contributed by atoms with van der Waals surface area (Å²) in [6.45, 7) is 8.31. The van der Waals surface area contributed by atoms with E-state index >= 15 is 0 Å². The summed E-state index contributed by atoms with van der Waals surface area (Å²) in [7, 11) is 1.66. The Balaban J connectivity index is 1.65. The molecule has 1 saturated heterocycles. The summed E-state index contributed by atoms with van der Waals surface area (Å²) < 4.78 is 11.3. The minimum atomic E-state index is -0.155. The largest absolute Gasteiger partial charge is 0.497 e. The highest BCUT2D eigenvalue weighted by Gasteiger charge is 2.24. The molecular weight excluding hydrogens is 328 g/mol. The number of carbonyl (C=O) groups excluding carboxylic acids is 1. The smallest absolute Gasteiger partial charge is 0.220 e. The van der Waals surface area contributed by atoms with Gasteiger partial charge in [0, 0.05) is 17.4 Å². The molecule has 0 aliphatic carbocycles. The van der Waals surface area contributed by atoms with Gasteiger partial charge in [0.05, 0.1) is 13.2 Å². The molecule has 3 rings (SSSR count). The maximum Gasteiger partial charge on any atom is 0.220 e. The van der Waals surface area contributed by atoms with Gasteiger partial charge < -0.3 is 19.8 Å². The number of amides is 1. The van der Waals surface area contributed by atoms with Crippen LogP contribution in [0.3, 0.4) is 0 Å². The van der Waals surface area contributed by atoms with Gasteiger partial charge in [0.1, 0.15) is 17.1 Å². The molecule has 1 aromatic carbocycles. The number of rotatable bonds is 6. The Kier molecular flexibility index (Phi) is 5.87. The Morgan fingerprint density at radius 2 is 2.23 bits per heavy atom. The van der Waals surface area contributed by atoms with Gasteiger partial charge in [0.2, 0.25) is 5.91 Å². The minimum absolute atomic E-state index is 0.0908. The van der Waals surface area contributed by atoms with E-state index in [2.05, 4.69) is 17.6 Å². The lowest BCUT2D eigenvalue weighted by Gasteiger charge is -2.28. The Morgan fingerprint density at radius 3 is 2.92 bits per heavy atom. The zero-order chi connectivity index (χ0) is 18.7. The molecule has 5 heteroatoms. The molecule has 1 amide bonds. The standard InChI is InChI=1S/C21H30N2O3/c1-13(16-6-5-9-22-12-16)10-20(24)23-15(3)21-14(2)18-11-17(25-4)7-8-19(18)26-21/h7-8,11,13,15-16,22H,5-6,9-10,12H2,1-4H3,(H,23,24). The molecule has 0 saturated carbocycles. The fraction of sp³-hybridized carbons (Fsp3) is 0.571. The average Bonchev–Trinajstić information content (AvgIpc) is 2.98. The molecule has 0 radical (unpaired) electrons. The van der Waals surface area contributed by atoms with Crippen molar-refractivity contribution in [2.24, 2.45) is 11.8 Å². The van der Waals surface area contributed by atoms with Gasteiger partial charge in [-0.3, -0.25) is 4.79 Å². The Hall–Kier alpha value is -2.01. The number of nitrogens with one attached hydrogen (secondary N) is 2. The number of furan rings is 1. The summed E-state index contributed by atoms with van der Waals surface area (Å²) >= 11 is 0. The molecule has 1 aromatic heterocycles. The SMILES string of the molecule is COc1ccc2oc(C(C)NC(=O)CC(C)C3CCCNC3)c(C)c2c1. The minimum Gasteiger partial charge on any atom is -0.497 e. The third-order valence-electron chi connectivity index (χ3n) is 5.60. The summed E-state index contributed by atoms with van der Waals surface area (Å²) in [4.78, 5) is 12.5. The second kappa shape index (κ2) is 8.12. The molecule has 2 heterocycles. The third-order valence-corrected chi connectivity index (χ3v) is 5.60. The highest BCUT2D eigenvalue weighted by Crippen LogP contribution is 2.32. The summed E-state index contributed by atoms with van der Waals surface area (Å²) in [5, 5.41) is 7.57. The van der Waals surface area contributed by atoms with Crippen molar-refractivity contribution in [1.82, 2.24) is 10.6 Å². The van der Waals surface area contributed by atoms with Gasteiger partial charge in [-0.25, -0.2) is 0 Å². The molecule has 1 aliphatic rings. The van der Waals surface area contributed by atoms with E-state index in [0.29, 0.717) is 18.3 Å². The van der Waals surface area contributed by atoms with Gasteiger partial charge in [-0.05, 0) is 69.8 Å². The highest BCUT2D eigenvalue weighted by molar-refractivity contribution is 5.84. The molecule has 2 N–H and O–H groups in total. The fourth-order valence-corrected chi connectivity index (χ4v) is 3.95. The maximum atomic E-state index is 12.5. The molecule has 1 fully saturated rings. The van der Waals surface area contributed by atoms with Crippen molar-refractivity contribution in [3.8, 4) is 5.75 Å². The Bertz CT molecular complexity index is 762. The van der Waals surface area contributed by atoms with Crippen LogP contribution in [-0.2, 0) is 4.79 Å². The zero-order valence-corrected chi connectivity index (χ0v) is 16.2. The number of piperidine rings is 1. The summed E-state index contributed by atoms with van der Waals surface area (Å²) in [5.41, 5.74) is 1.87. The van der Waals surface area contributed by atoms with Crippen molar-refractivity contribution < 1.29 is 13.9 Å². The second-order valence-corrected chi connectivity index (χ2v) is 7.53. The van der Waals surface area contributed by atoms with Crippen LogP contribution < -0.4 is 15.4 Å². The van der Waals surface area contributed by atoms with Crippen LogP contribution in [0, 0.1) is 18.8 Å². The normalized spacial score (nSPS) is 19.9. The van der Waals surface area contributed by atoms with Gasteiger partial charge in [0.25, 0.3) is 0 Å². The Morgan fingerprint density at radius 1 is 1.42 bits per heavy atom. The molecular formula is C21H30N2O3.